The first-order valence-corrected chi connectivity index (χ1v) is 8.23. The van der Waals surface area contributed by atoms with Crippen molar-refractivity contribution in [1.29, 1.82) is 0 Å². The summed E-state index contributed by atoms with van der Waals surface area (Å²) in [6, 6.07) is 8.40. The van der Waals surface area contributed by atoms with Crippen molar-refractivity contribution in [2.75, 3.05) is 6.61 Å². The number of aromatic nitrogens is 2. The fourth-order valence-corrected chi connectivity index (χ4v) is 2.76. The van der Waals surface area contributed by atoms with Crippen LogP contribution in [0, 0.1) is 10.1 Å². The number of ether oxygens (including phenoxy) is 2. The predicted molar refractivity (Wildman–Crippen MR) is 88.0 cm³/mol. The summed E-state index contributed by atoms with van der Waals surface area (Å²) in [6.07, 6.45) is 3.80. The SMILES string of the molecule is CCc1cc(COC2CCCCO2)nn1-c1ccc([N+](=O)[O-])cc1. The van der Waals surface area contributed by atoms with Crippen LogP contribution in [0.15, 0.2) is 30.3 Å². The Balaban J connectivity index is 1.73. The molecule has 2 heterocycles. The van der Waals surface area contributed by atoms with Gasteiger partial charge in [-0.1, -0.05) is 6.92 Å². The van der Waals surface area contributed by atoms with E-state index < -0.39 is 4.92 Å². The van der Waals surface area contributed by atoms with Gasteiger partial charge < -0.3 is 9.47 Å². The van der Waals surface area contributed by atoms with Gasteiger partial charge in [-0.3, -0.25) is 10.1 Å². The summed E-state index contributed by atoms with van der Waals surface area (Å²) in [6.45, 7) is 3.20. The summed E-state index contributed by atoms with van der Waals surface area (Å²) in [5.74, 6) is 0. The second kappa shape index (κ2) is 7.55. The van der Waals surface area contributed by atoms with Gasteiger partial charge in [-0.25, -0.2) is 4.68 Å². The van der Waals surface area contributed by atoms with E-state index in [1.54, 1.807) is 12.1 Å². The molecule has 1 aromatic heterocycles. The molecule has 0 bridgehead atoms. The molecule has 1 aliphatic rings. The third-order valence-corrected chi connectivity index (χ3v) is 4.06. The van der Waals surface area contributed by atoms with Gasteiger partial charge >= 0.3 is 0 Å². The number of hydrogen-bond donors (Lipinski definition) is 0. The largest absolute Gasteiger partial charge is 0.353 e. The molecule has 3 rings (SSSR count). The number of aryl methyl sites for hydroxylation is 1. The lowest BCUT2D eigenvalue weighted by Crippen LogP contribution is -2.22. The van der Waals surface area contributed by atoms with Crippen LogP contribution in [-0.2, 0) is 22.5 Å². The molecule has 0 N–H and O–H groups in total. The number of rotatable bonds is 6. The first kappa shape index (κ1) is 16.6. The lowest BCUT2D eigenvalue weighted by molar-refractivity contribution is -0.384. The first-order valence-electron chi connectivity index (χ1n) is 8.23. The minimum Gasteiger partial charge on any atom is -0.353 e. The Morgan fingerprint density at radius 2 is 2.17 bits per heavy atom. The molecule has 7 heteroatoms. The molecule has 0 radical (unpaired) electrons. The van der Waals surface area contributed by atoms with Gasteiger partial charge in [0.2, 0.25) is 0 Å². The Morgan fingerprint density at radius 3 is 2.79 bits per heavy atom. The number of nitro groups is 1. The third-order valence-electron chi connectivity index (χ3n) is 4.06. The highest BCUT2D eigenvalue weighted by atomic mass is 16.7. The molecule has 2 aromatic rings. The molecule has 0 spiro atoms. The second-order valence-corrected chi connectivity index (χ2v) is 5.77. The molecule has 1 atom stereocenters. The minimum absolute atomic E-state index is 0.0713. The Hall–Kier alpha value is -2.25. The van der Waals surface area contributed by atoms with Gasteiger partial charge in [0.25, 0.3) is 5.69 Å². The van der Waals surface area contributed by atoms with Crippen molar-refractivity contribution in [3.05, 3.63) is 51.8 Å². The van der Waals surface area contributed by atoms with E-state index in [1.807, 2.05) is 17.7 Å². The zero-order valence-corrected chi connectivity index (χ0v) is 13.7. The average molecular weight is 331 g/mol. The van der Waals surface area contributed by atoms with Gasteiger partial charge in [-0.05, 0) is 43.9 Å². The molecular formula is C17H21N3O4. The topological polar surface area (TPSA) is 79.4 Å². The standard InChI is InChI=1S/C17H21N3O4/c1-2-14-11-13(12-24-17-5-3-4-10-23-17)18-19(14)15-6-8-16(9-7-15)20(21)22/h6-9,11,17H,2-5,10,12H2,1H3. The number of hydrogen-bond acceptors (Lipinski definition) is 5. The monoisotopic (exact) mass is 331 g/mol. The Bertz CT molecular complexity index is 690. The smallest absolute Gasteiger partial charge is 0.269 e. The van der Waals surface area contributed by atoms with Crippen LogP contribution in [0.25, 0.3) is 5.69 Å². The molecule has 1 saturated heterocycles. The zero-order valence-electron chi connectivity index (χ0n) is 13.7. The van der Waals surface area contributed by atoms with Crippen molar-refractivity contribution in [3.8, 4) is 5.69 Å². The van der Waals surface area contributed by atoms with Crippen molar-refractivity contribution in [1.82, 2.24) is 9.78 Å². The lowest BCUT2D eigenvalue weighted by atomic mass is 10.2. The van der Waals surface area contributed by atoms with Crippen molar-refractivity contribution >= 4 is 5.69 Å². The third kappa shape index (κ3) is 3.80. The fourth-order valence-electron chi connectivity index (χ4n) is 2.76. The van der Waals surface area contributed by atoms with Crippen LogP contribution in [0.4, 0.5) is 5.69 Å². The van der Waals surface area contributed by atoms with Crippen LogP contribution in [0.3, 0.4) is 0 Å². The molecule has 1 fully saturated rings. The highest BCUT2D eigenvalue weighted by molar-refractivity contribution is 5.41. The van der Waals surface area contributed by atoms with Crippen LogP contribution in [0.1, 0.15) is 37.6 Å². The van der Waals surface area contributed by atoms with Crippen LogP contribution < -0.4 is 0 Å². The van der Waals surface area contributed by atoms with Gasteiger partial charge in [0, 0.05) is 24.4 Å². The normalized spacial score (nSPS) is 17.8. The predicted octanol–water partition coefficient (Wildman–Crippen LogP) is 3.39. The van der Waals surface area contributed by atoms with Crippen LogP contribution in [0.5, 0.6) is 0 Å². The Morgan fingerprint density at radius 1 is 1.38 bits per heavy atom. The highest BCUT2D eigenvalue weighted by Crippen LogP contribution is 2.19. The van der Waals surface area contributed by atoms with E-state index in [4.69, 9.17) is 9.47 Å². The second-order valence-electron chi connectivity index (χ2n) is 5.77. The highest BCUT2D eigenvalue weighted by Gasteiger charge is 2.16. The summed E-state index contributed by atoms with van der Waals surface area (Å²) < 4.78 is 13.2. The molecule has 1 aliphatic heterocycles. The molecule has 128 valence electrons. The average Bonchev–Trinajstić information content (AvgIpc) is 3.04. The summed E-state index contributed by atoms with van der Waals surface area (Å²) in [5.41, 5.74) is 2.74. The number of nitro benzene ring substituents is 1. The summed E-state index contributed by atoms with van der Waals surface area (Å²) in [7, 11) is 0. The van der Waals surface area contributed by atoms with Gasteiger partial charge in [0.15, 0.2) is 6.29 Å². The summed E-state index contributed by atoms with van der Waals surface area (Å²) in [5, 5.41) is 15.3. The van der Waals surface area contributed by atoms with E-state index in [0.717, 1.165) is 49.4 Å². The van der Waals surface area contributed by atoms with Crippen LogP contribution in [-0.4, -0.2) is 27.6 Å². The fraction of sp³-hybridized carbons (Fsp3) is 0.471. The van der Waals surface area contributed by atoms with Crippen molar-refractivity contribution in [3.63, 3.8) is 0 Å². The molecular weight excluding hydrogens is 310 g/mol. The zero-order chi connectivity index (χ0) is 16.9. The van der Waals surface area contributed by atoms with E-state index in [0.29, 0.717) is 6.61 Å². The van der Waals surface area contributed by atoms with Gasteiger partial charge in [0.1, 0.15) is 0 Å². The van der Waals surface area contributed by atoms with Gasteiger partial charge in [0.05, 0.1) is 22.9 Å². The molecule has 24 heavy (non-hydrogen) atoms. The molecule has 0 amide bonds. The van der Waals surface area contributed by atoms with Crippen LogP contribution >= 0.6 is 0 Å². The molecule has 7 nitrogen and oxygen atoms in total. The maximum atomic E-state index is 10.8. The molecule has 1 unspecified atom stereocenters. The molecule has 0 saturated carbocycles. The first-order chi connectivity index (χ1) is 11.7. The quantitative estimate of drug-likeness (QED) is 0.599. The van der Waals surface area contributed by atoms with E-state index in [2.05, 4.69) is 5.10 Å². The minimum atomic E-state index is -0.406. The van der Waals surface area contributed by atoms with E-state index in [-0.39, 0.29) is 12.0 Å². The van der Waals surface area contributed by atoms with Crippen LogP contribution in [0.2, 0.25) is 0 Å². The van der Waals surface area contributed by atoms with E-state index in [1.165, 1.54) is 12.1 Å². The number of non-ortho nitro benzene ring substituents is 1. The summed E-state index contributed by atoms with van der Waals surface area (Å²) in [4.78, 5) is 10.4. The maximum absolute atomic E-state index is 10.8. The molecule has 1 aromatic carbocycles. The Labute approximate surface area is 140 Å². The van der Waals surface area contributed by atoms with E-state index >= 15 is 0 Å². The lowest BCUT2D eigenvalue weighted by Gasteiger charge is -2.22. The van der Waals surface area contributed by atoms with Crippen molar-refractivity contribution in [2.24, 2.45) is 0 Å². The molecule has 0 aliphatic carbocycles. The summed E-state index contributed by atoms with van der Waals surface area (Å²) >= 11 is 0. The van der Waals surface area contributed by atoms with Gasteiger partial charge in [-0.2, -0.15) is 5.10 Å². The van der Waals surface area contributed by atoms with Crippen molar-refractivity contribution in [2.45, 2.75) is 45.5 Å². The van der Waals surface area contributed by atoms with Crippen molar-refractivity contribution < 1.29 is 14.4 Å². The Kier molecular flexibility index (Phi) is 5.22. The number of nitrogens with zero attached hydrogens (tertiary/aromatic N) is 3. The number of benzene rings is 1. The van der Waals surface area contributed by atoms with Gasteiger partial charge in [-0.15, -0.1) is 0 Å². The maximum Gasteiger partial charge on any atom is 0.269 e. The van der Waals surface area contributed by atoms with E-state index in [9.17, 15) is 10.1 Å².